The van der Waals surface area contributed by atoms with Gasteiger partial charge in [-0.25, -0.2) is 8.78 Å². The zero-order valence-corrected chi connectivity index (χ0v) is 11.2. The molecule has 0 aliphatic heterocycles. The van der Waals surface area contributed by atoms with Crippen LogP contribution in [0.4, 0.5) is 8.78 Å². The van der Waals surface area contributed by atoms with Crippen molar-refractivity contribution < 1.29 is 13.5 Å². The SMILES string of the molecule is CCCNCC(C)(CC)Oc1ccc(F)c(F)c1. The molecule has 0 spiro atoms. The van der Waals surface area contributed by atoms with Gasteiger partial charge in [-0.15, -0.1) is 0 Å². The first-order valence-electron chi connectivity index (χ1n) is 6.35. The van der Waals surface area contributed by atoms with Gasteiger partial charge in [0, 0.05) is 12.6 Å². The van der Waals surface area contributed by atoms with Crippen LogP contribution in [0.1, 0.15) is 33.6 Å². The van der Waals surface area contributed by atoms with E-state index in [1.54, 1.807) is 0 Å². The third-order valence-electron chi connectivity index (χ3n) is 2.93. The summed E-state index contributed by atoms with van der Waals surface area (Å²) in [6.07, 6.45) is 1.83. The highest BCUT2D eigenvalue weighted by molar-refractivity contribution is 5.24. The van der Waals surface area contributed by atoms with Gasteiger partial charge in [-0.05, 0) is 38.4 Å². The molecule has 0 aliphatic carbocycles. The van der Waals surface area contributed by atoms with E-state index in [0.717, 1.165) is 31.5 Å². The summed E-state index contributed by atoms with van der Waals surface area (Å²) in [7, 11) is 0. The Bertz CT molecular complexity index is 384. The summed E-state index contributed by atoms with van der Waals surface area (Å²) in [6.45, 7) is 7.64. The fourth-order valence-electron chi connectivity index (χ4n) is 1.59. The zero-order chi connectivity index (χ0) is 13.6. The van der Waals surface area contributed by atoms with E-state index in [2.05, 4.69) is 12.2 Å². The van der Waals surface area contributed by atoms with Crippen molar-refractivity contribution in [2.75, 3.05) is 13.1 Å². The second-order valence-electron chi connectivity index (χ2n) is 4.66. The topological polar surface area (TPSA) is 21.3 Å². The minimum atomic E-state index is -0.882. The van der Waals surface area contributed by atoms with E-state index in [1.165, 1.54) is 6.07 Å². The van der Waals surface area contributed by atoms with Crippen molar-refractivity contribution in [2.45, 2.75) is 39.2 Å². The standard InChI is InChI=1S/C14H21F2NO/c1-4-8-17-10-14(3,5-2)18-11-6-7-12(15)13(16)9-11/h6-7,9,17H,4-5,8,10H2,1-3H3. The average Bonchev–Trinajstić information content (AvgIpc) is 2.34. The molecule has 0 aromatic heterocycles. The number of hydrogen-bond acceptors (Lipinski definition) is 2. The molecular formula is C14H21F2NO. The first-order valence-corrected chi connectivity index (χ1v) is 6.35. The number of benzene rings is 1. The van der Waals surface area contributed by atoms with Gasteiger partial charge in [0.15, 0.2) is 11.6 Å². The lowest BCUT2D eigenvalue weighted by Crippen LogP contribution is -2.42. The van der Waals surface area contributed by atoms with E-state index in [9.17, 15) is 8.78 Å². The highest BCUT2D eigenvalue weighted by Crippen LogP contribution is 2.22. The van der Waals surface area contributed by atoms with Gasteiger partial charge in [0.25, 0.3) is 0 Å². The fourth-order valence-corrected chi connectivity index (χ4v) is 1.59. The van der Waals surface area contributed by atoms with E-state index in [0.29, 0.717) is 12.3 Å². The Morgan fingerprint density at radius 2 is 1.94 bits per heavy atom. The molecule has 0 aliphatic rings. The van der Waals surface area contributed by atoms with E-state index < -0.39 is 17.2 Å². The summed E-state index contributed by atoms with van der Waals surface area (Å²) in [5.74, 6) is -1.38. The smallest absolute Gasteiger partial charge is 0.162 e. The molecule has 1 atom stereocenters. The summed E-state index contributed by atoms with van der Waals surface area (Å²) in [6, 6.07) is 3.62. The third-order valence-corrected chi connectivity index (χ3v) is 2.93. The van der Waals surface area contributed by atoms with E-state index in [4.69, 9.17) is 4.74 Å². The summed E-state index contributed by atoms with van der Waals surface area (Å²) in [5.41, 5.74) is -0.417. The maximum Gasteiger partial charge on any atom is 0.162 e. The molecule has 102 valence electrons. The first kappa shape index (κ1) is 14.9. The number of nitrogens with one attached hydrogen (secondary N) is 1. The van der Waals surface area contributed by atoms with Crippen LogP contribution >= 0.6 is 0 Å². The zero-order valence-electron chi connectivity index (χ0n) is 11.2. The molecule has 0 saturated heterocycles. The molecule has 1 rings (SSSR count). The lowest BCUT2D eigenvalue weighted by Gasteiger charge is -2.30. The normalized spacial score (nSPS) is 14.3. The molecule has 0 fully saturated rings. The molecule has 1 aromatic carbocycles. The summed E-state index contributed by atoms with van der Waals surface area (Å²) >= 11 is 0. The molecule has 1 aromatic rings. The predicted molar refractivity (Wildman–Crippen MR) is 68.8 cm³/mol. The van der Waals surface area contributed by atoms with Gasteiger partial charge in [0.2, 0.25) is 0 Å². The molecule has 0 amide bonds. The maximum absolute atomic E-state index is 13.1. The Morgan fingerprint density at radius 1 is 1.22 bits per heavy atom. The van der Waals surface area contributed by atoms with Crippen LogP contribution in [0.15, 0.2) is 18.2 Å². The second-order valence-corrected chi connectivity index (χ2v) is 4.66. The molecule has 2 nitrogen and oxygen atoms in total. The molecule has 1 unspecified atom stereocenters. The molecule has 4 heteroatoms. The van der Waals surface area contributed by atoms with Gasteiger partial charge in [-0.2, -0.15) is 0 Å². The van der Waals surface area contributed by atoms with Crippen molar-refractivity contribution in [2.24, 2.45) is 0 Å². The van der Waals surface area contributed by atoms with Crippen molar-refractivity contribution in [1.29, 1.82) is 0 Å². The van der Waals surface area contributed by atoms with Gasteiger partial charge < -0.3 is 10.1 Å². The van der Waals surface area contributed by atoms with Crippen LogP contribution in [0, 0.1) is 11.6 Å². The van der Waals surface area contributed by atoms with Gasteiger partial charge >= 0.3 is 0 Å². The van der Waals surface area contributed by atoms with E-state index in [1.807, 2.05) is 13.8 Å². The second kappa shape index (κ2) is 6.69. The van der Waals surface area contributed by atoms with Crippen molar-refractivity contribution in [3.8, 4) is 5.75 Å². The van der Waals surface area contributed by atoms with Crippen molar-refractivity contribution >= 4 is 0 Å². The molecule has 0 bridgehead atoms. The third kappa shape index (κ3) is 4.26. The lowest BCUT2D eigenvalue weighted by atomic mass is 10.0. The Hall–Kier alpha value is -1.16. The number of ether oxygens (including phenoxy) is 1. The van der Waals surface area contributed by atoms with Crippen LogP contribution in [-0.2, 0) is 0 Å². The quantitative estimate of drug-likeness (QED) is 0.755. The number of halogens is 2. The predicted octanol–water partition coefficient (Wildman–Crippen LogP) is 3.51. The number of hydrogen-bond donors (Lipinski definition) is 1. The van der Waals surface area contributed by atoms with Gasteiger partial charge in [0.05, 0.1) is 0 Å². The highest BCUT2D eigenvalue weighted by atomic mass is 19.2. The minimum Gasteiger partial charge on any atom is -0.486 e. The molecule has 1 N–H and O–H groups in total. The van der Waals surface area contributed by atoms with Crippen molar-refractivity contribution in [3.05, 3.63) is 29.8 Å². The maximum atomic E-state index is 13.1. The van der Waals surface area contributed by atoms with Gasteiger partial charge in [-0.3, -0.25) is 0 Å². The van der Waals surface area contributed by atoms with Crippen molar-refractivity contribution in [1.82, 2.24) is 5.32 Å². The van der Waals surface area contributed by atoms with Crippen LogP contribution in [-0.4, -0.2) is 18.7 Å². The Labute approximate surface area is 107 Å². The van der Waals surface area contributed by atoms with Crippen molar-refractivity contribution in [3.63, 3.8) is 0 Å². The lowest BCUT2D eigenvalue weighted by molar-refractivity contribution is 0.0832. The van der Waals surface area contributed by atoms with E-state index in [-0.39, 0.29) is 0 Å². The van der Waals surface area contributed by atoms with Crippen LogP contribution in [0.2, 0.25) is 0 Å². The Kier molecular flexibility index (Phi) is 5.54. The Morgan fingerprint density at radius 3 is 2.50 bits per heavy atom. The summed E-state index contributed by atoms with van der Waals surface area (Å²) in [5, 5.41) is 3.28. The van der Waals surface area contributed by atoms with Gasteiger partial charge in [0.1, 0.15) is 11.4 Å². The number of rotatable bonds is 7. The molecule has 0 radical (unpaired) electrons. The fraction of sp³-hybridized carbons (Fsp3) is 0.571. The molecule has 18 heavy (non-hydrogen) atoms. The Balaban J connectivity index is 2.68. The van der Waals surface area contributed by atoms with Crippen LogP contribution in [0.5, 0.6) is 5.75 Å². The van der Waals surface area contributed by atoms with Crippen LogP contribution < -0.4 is 10.1 Å². The molecule has 0 saturated carbocycles. The van der Waals surface area contributed by atoms with Crippen LogP contribution in [0.3, 0.4) is 0 Å². The largest absolute Gasteiger partial charge is 0.486 e. The monoisotopic (exact) mass is 257 g/mol. The first-order chi connectivity index (χ1) is 8.50. The molecular weight excluding hydrogens is 236 g/mol. The van der Waals surface area contributed by atoms with Crippen LogP contribution in [0.25, 0.3) is 0 Å². The summed E-state index contributed by atoms with van der Waals surface area (Å²) < 4.78 is 31.7. The highest BCUT2D eigenvalue weighted by Gasteiger charge is 2.24. The van der Waals surface area contributed by atoms with E-state index >= 15 is 0 Å². The summed E-state index contributed by atoms with van der Waals surface area (Å²) in [4.78, 5) is 0. The minimum absolute atomic E-state index is 0.358. The average molecular weight is 257 g/mol. The van der Waals surface area contributed by atoms with Gasteiger partial charge in [-0.1, -0.05) is 13.8 Å². The molecule has 0 heterocycles.